The Morgan fingerprint density at radius 2 is 1.78 bits per heavy atom. The van der Waals surface area contributed by atoms with Crippen molar-refractivity contribution >= 4 is 34.2 Å². The molecule has 3 aromatic rings. The van der Waals surface area contributed by atoms with Gasteiger partial charge in [-0.3, -0.25) is 14.5 Å². The summed E-state index contributed by atoms with van der Waals surface area (Å²) in [4.78, 5) is 33.4. The summed E-state index contributed by atoms with van der Waals surface area (Å²) in [7, 11) is 0. The normalized spacial score (nSPS) is 13.9. The maximum absolute atomic E-state index is 12.2. The highest BCUT2D eigenvalue weighted by Gasteiger charge is 2.18. The molecule has 1 aliphatic carbocycles. The molecule has 2 heterocycles. The van der Waals surface area contributed by atoms with Gasteiger partial charge in [-0.25, -0.2) is 9.59 Å². The number of carbonyl (C=O) groups is 1. The van der Waals surface area contributed by atoms with E-state index in [1.165, 1.54) is 65.4 Å². The number of carboxylic acid groups (broad SMARTS) is 1. The molecule has 4 rings (SSSR count). The molecule has 9 heteroatoms. The van der Waals surface area contributed by atoms with Crippen LogP contribution in [0.2, 0.25) is 0 Å². The summed E-state index contributed by atoms with van der Waals surface area (Å²) in [6, 6.07) is 8.37. The van der Waals surface area contributed by atoms with Gasteiger partial charge in [-0.05, 0) is 75.5 Å². The van der Waals surface area contributed by atoms with E-state index in [1.807, 2.05) is 13.8 Å². The fourth-order valence-corrected chi connectivity index (χ4v) is 6.03. The SMILES string of the molecule is CC(C)n1c(=NCCCCCCCCCNc2c3c(nc4ccccc24)CCCC3)sn(C(=O)O)c1=O. The van der Waals surface area contributed by atoms with Gasteiger partial charge in [-0.1, -0.05) is 50.3 Å². The molecule has 1 aliphatic rings. The summed E-state index contributed by atoms with van der Waals surface area (Å²) in [5, 5.41) is 14.2. The van der Waals surface area contributed by atoms with E-state index in [0.717, 1.165) is 59.7 Å². The number of para-hydroxylation sites is 1. The molecule has 0 atom stereocenters. The number of anilines is 1. The number of rotatable bonds is 12. The Kier molecular flexibility index (Phi) is 9.55. The molecule has 2 N–H and O–H groups in total. The highest BCUT2D eigenvalue weighted by atomic mass is 32.1. The van der Waals surface area contributed by atoms with Crippen molar-refractivity contribution < 1.29 is 9.90 Å². The van der Waals surface area contributed by atoms with Crippen LogP contribution in [0, 0.1) is 0 Å². The van der Waals surface area contributed by atoms with Crippen molar-refractivity contribution in [2.24, 2.45) is 4.99 Å². The minimum absolute atomic E-state index is 0.125. The third kappa shape index (κ3) is 6.69. The zero-order valence-corrected chi connectivity index (χ0v) is 22.9. The van der Waals surface area contributed by atoms with Crippen molar-refractivity contribution in [3.8, 4) is 0 Å². The largest absolute Gasteiger partial charge is 0.464 e. The summed E-state index contributed by atoms with van der Waals surface area (Å²) in [5.41, 5.74) is 4.60. The van der Waals surface area contributed by atoms with Crippen molar-refractivity contribution in [2.45, 2.75) is 90.5 Å². The van der Waals surface area contributed by atoms with E-state index in [2.05, 4.69) is 34.6 Å². The molecule has 0 saturated carbocycles. The van der Waals surface area contributed by atoms with Gasteiger partial charge in [0.1, 0.15) is 0 Å². The monoisotopic (exact) mass is 525 g/mol. The third-order valence-electron chi connectivity index (χ3n) is 7.00. The van der Waals surface area contributed by atoms with E-state index in [9.17, 15) is 14.7 Å². The standard InChI is InChI=1S/C28H39N5O3S/c1-20(2)32-26(37-33(27(32)34)28(35)36)30-19-13-7-5-3-4-6-12-18-29-25-21-14-8-10-16-23(21)31-24-17-11-9-15-22(24)25/h8,10,14,16,20H,3-7,9,11-13,15,17-19H2,1-2H3,(H,29,31)(H,35,36). The second-order valence-corrected chi connectivity index (χ2v) is 11.0. The maximum atomic E-state index is 12.2. The van der Waals surface area contributed by atoms with Crippen LogP contribution in [0.4, 0.5) is 10.5 Å². The van der Waals surface area contributed by atoms with Gasteiger partial charge >= 0.3 is 11.8 Å². The number of aromatic nitrogens is 3. The fraction of sp³-hybridized carbons (Fsp3) is 0.571. The minimum Gasteiger partial charge on any atom is -0.464 e. The topological polar surface area (TPSA) is 102 Å². The molecular weight excluding hydrogens is 486 g/mol. The van der Waals surface area contributed by atoms with Crippen molar-refractivity contribution in [3.05, 3.63) is 50.8 Å². The lowest BCUT2D eigenvalue weighted by molar-refractivity contribution is 0.197. The Bertz CT molecular complexity index is 1340. The number of fused-ring (bicyclic) bond motifs is 2. The smallest absolute Gasteiger partial charge is 0.429 e. The Hall–Kier alpha value is -2.94. The van der Waals surface area contributed by atoms with Gasteiger partial charge in [0.25, 0.3) is 0 Å². The van der Waals surface area contributed by atoms with E-state index in [-0.39, 0.29) is 6.04 Å². The molecular formula is C28H39N5O3S. The zero-order chi connectivity index (χ0) is 26.2. The number of unbranched alkanes of at least 4 members (excludes halogenated alkanes) is 6. The molecule has 37 heavy (non-hydrogen) atoms. The number of pyridine rings is 1. The van der Waals surface area contributed by atoms with Crippen LogP contribution >= 0.6 is 11.5 Å². The molecule has 0 bridgehead atoms. The van der Waals surface area contributed by atoms with Gasteiger partial charge in [-0.2, -0.15) is 0 Å². The first kappa shape index (κ1) is 27.1. The van der Waals surface area contributed by atoms with Crippen molar-refractivity contribution in [1.82, 2.24) is 13.5 Å². The average Bonchev–Trinajstić information content (AvgIpc) is 3.23. The first-order valence-corrected chi connectivity index (χ1v) is 14.5. The molecule has 0 aliphatic heterocycles. The Morgan fingerprint density at radius 3 is 2.54 bits per heavy atom. The maximum Gasteiger partial charge on any atom is 0.429 e. The van der Waals surface area contributed by atoms with E-state index in [4.69, 9.17) is 4.98 Å². The highest BCUT2D eigenvalue weighted by Crippen LogP contribution is 2.33. The van der Waals surface area contributed by atoms with E-state index >= 15 is 0 Å². The second kappa shape index (κ2) is 13.0. The van der Waals surface area contributed by atoms with Crippen LogP contribution in [0.15, 0.2) is 34.1 Å². The fourth-order valence-electron chi connectivity index (χ4n) is 5.10. The first-order valence-electron chi connectivity index (χ1n) is 13.7. The van der Waals surface area contributed by atoms with Crippen LogP contribution in [0.5, 0.6) is 0 Å². The van der Waals surface area contributed by atoms with Gasteiger partial charge in [0.05, 0.1) is 5.52 Å². The van der Waals surface area contributed by atoms with Gasteiger partial charge in [-0.15, -0.1) is 3.96 Å². The van der Waals surface area contributed by atoms with E-state index in [0.29, 0.717) is 11.3 Å². The Labute approximate surface area is 222 Å². The van der Waals surface area contributed by atoms with Crippen molar-refractivity contribution in [3.63, 3.8) is 0 Å². The molecule has 0 fully saturated rings. The number of nitrogens with zero attached hydrogens (tertiary/aromatic N) is 4. The zero-order valence-electron chi connectivity index (χ0n) is 22.0. The number of benzene rings is 1. The number of hydrogen-bond donors (Lipinski definition) is 2. The predicted octanol–water partition coefficient (Wildman–Crippen LogP) is 5.99. The van der Waals surface area contributed by atoms with Crippen LogP contribution in [0.1, 0.15) is 88.9 Å². The number of hydrogen-bond acceptors (Lipinski definition) is 6. The molecule has 0 unspecified atom stereocenters. The second-order valence-electron chi connectivity index (χ2n) is 10.1. The predicted molar refractivity (Wildman–Crippen MR) is 150 cm³/mol. The van der Waals surface area contributed by atoms with E-state index in [1.54, 1.807) is 0 Å². The first-order chi connectivity index (χ1) is 18.0. The van der Waals surface area contributed by atoms with E-state index < -0.39 is 11.8 Å². The number of nitrogens with one attached hydrogen (secondary N) is 1. The molecule has 8 nitrogen and oxygen atoms in total. The minimum atomic E-state index is -1.26. The lowest BCUT2D eigenvalue weighted by atomic mass is 9.92. The van der Waals surface area contributed by atoms with Gasteiger partial charge in [0, 0.05) is 35.9 Å². The lowest BCUT2D eigenvalue weighted by Gasteiger charge is -2.21. The summed E-state index contributed by atoms with van der Waals surface area (Å²) in [6.07, 6.45) is 11.5. The molecule has 0 amide bonds. The molecule has 0 radical (unpaired) electrons. The van der Waals surface area contributed by atoms with Crippen molar-refractivity contribution in [1.29, 1.82) is 0 Å². The quantitative estimate of drug-likeness (QED) is 0.283. The average molecular weight is 526 g/mol. The van der Waals surface area contributed by atoms with Gasteiger partial charge < -0.3 is 10.4 Å². The lowest BCUT2D eigenvalue weighted by Crippen LogP contribution is -2.32. The molecule has 2 aromatic heterocycles. The molecule has 200 valence electrons. The summed E-state index contributed by atoms with van der Waals surface area (Å²) in [5.74, 6) is 0. The molecule has 1 aromatic carbocycles. The third-order valence-corrected chi connectivity index (χ3v) is 7.99. The van der Waals surface area contributed by atoms with Crippen LogP contribution in [0.25, 0.3) is 10.9 Å². The summed E-state index contributed by atoms with van der Waals surface area (Å²) in [6.45, 7) is 5.33. The Balaban J connectivity index is 1.16. The molecule has 0 saturated heterocycles. The molecule has 0 spiro atoms. The van der Waals surface area contributed by atoms with Crippen molar-refractivity contribution in [2.75, 3.05) is 18.4 Å². The van der Waals surface area contributed by atoms with Gasteiger partial charge in [0.15, 0.2) is 0 Å². The van der Waals surface area contributed by atoms with Crippen LogP contribution in [-0.2, 0) is 12.8 Å². The number of aryl methyl sites for hydroxylation is 1. The van der Waals surface area contributed by atoms with Crippen LogP contribution in [0.3, 0.4) is 0 Å². The summed E-state index contributed by atoms with van der Waals surface area (Å²) >= 11 is 0.900. The highest BCUT2D eigenvalue weighted by molar-refractivity contribution is 7.04. The Morgan fingerprint density at radius 1 is 1.08 bits per heavy atom. The van der Waals surface area contributed by atoms with Crippen LogP contribution < -0.4 is 15.8 Å². The van der Waals surface area contributed by atoms with Crippen LogP contribution in [-0.4, -0.2) is 37.8 Å². The van der Waals surface area contributed by atoms with Gasteiger partial charge in [0.2, 0.25) is 4.80 Å². The summed E-state index contributed by atoms with van der Waals surface area (Å²) < 4.78 is 2.21.